The fourth-order valence-corrected chi connectivity index (χ4v) is 3.16. The van der Waals surface area contributed by atoms with Gasteiger partial charge in [0, 0.05) is 45.0 Å². The third-order valence-corrected chi connectivity index (χ3v) is 4.24. The maximum Gasteiger partial charge on any atom is 0.128 e. The topological polar surface area (TPSA) is 39.6 Å². The number of hydrogen-bond acceptors (Lipinski definition) is 4. The Morgan fingerprint density at radius 2 is 2.17 bits per heavy atom. The third kappa shape index (κ3) is 2.35. The highest BCUT2D eigenvalue weighted by molar-refractivity contribution is 5.38. The lowest BCUT2D eigenvalue weighted by molar-refractivity contribution is 0.0672. The summed E-state index contributed by atoms with van der Waals surface area (Å²) in [6.07, 6.45) is 4.23. The summed E-state index contributed by atoms with van der Waals surface area (Å²) in [6.45, 7) is 4.63. The van der Waals surface area contributed by atoms with Gasteiger partial charge in [-0.3, -0.25) is 4.90 Å². The SMILES string of the molecule is OC[C@H]1CC[C@H]2CN(c3ccccn3)CCN2C1. The summed E-state index contributed by atoms with van der Waals surface area (Å²) >= 11 is 0. The molecule has 0 saturated carbocycles. The van der Waals surface area contributed by atoms with Crippen LogP contribution < -0.4 is 4.90 Å². The Morgan fingerprint density at radius 3 is 2.94 bits per heavy atom. The first-order chi connectivity index (χ1) is 8.86. The van der Waals surface area contributed by atoms with Gasteiger partial charge in [0.15, 0.2) is 0 Å². The number of nitrogens with zero attached hydrogens (tertiary/aromatic N) is 3. The predicted octanol–water partition coefficient (Wildman–Crippen LogP) is 0.974. The normalized spacial score (nSPS) is 29.1. The number of fused-ring (bicyclic) bond motifs is 1. The molecule has 3 rings (SSSR count). The summed E-state index contributed by atoms with van der Waals surface area (Å²) in [5.41, 5.74) is 0. The third-order valence-electron chi connectivity index (χ3n) is 4.24. The van der Waals surface area contributed by atoms with Crippen molar-refractivity contribution in [3.63, 3.8) is 0 Å². The smallest absolute Gasteiger partial charge is 0.128 e. The van der Waals surface area contributed by atoms with Crippen LogP contribution in [0.25, 0.3) is 0 Å². The van der Waals surface area contributed by atoms with Crippen molar-refractivity contribution in [3.8, 4) is 0 Å². The summed E-state index contributed by atoms with van der Waals surface area (Å²) < 4.78 is 0. The van der Waals surface area contributed by atoms with E-state index in [2.05, 4.69) is 26.9 Å². The summed E-state index contributed by atoms with van der Waals surface area (Å²) in [5, 5.41) is 9.26. The number of rotatable bonds is 2. The zero-order valence-electron chi connectivity index (χ0n) is 10.7. The summed E-state index contributed by atoms with van der Waals surface area (Å²) in [6, 6.07) is 6.75. The van der Waals surface area contributed by atoms with Gasteiger partial charge in [-0.15, -0.1) is 0 Å². The van der Waals surface area contributed by atoms with E-state index >= 15 is 0 Å². The van der Waals surface area contributed by atoms with Crippen LogP contribution in [0.2, 0.25) is 0 Å². The monoisotopic (exact) mass is 247 g/mol. The lowest BCUT2D eigenvalue weighted by Gasteiger charge is -2.46. The lowest BCUT2D eigenvalue weighted by atomic mass is 9.91. The van der Waals surface area contributed by atoms with Gasteiger partial charge < -0.3 is 10.0 Å². The number of piperazine rings is 1. The molecule has 0 amide bonds. The van der Waals surface area contributed by atoms with E-state index in [9.17, 15) is 5.11 Å². The highest BCUT2D eigenvalue weighted by atomic mass is 16.3. The van der Waals surface area contributed by atoms with E-state index in [0.717, 1.165) is 38.4 Å². The number of pyridine rings is 1. The van der Waals surface area contributed by atoms with Gasteiger partial charge in [0.25, 0.3) is 0 Å². The van der Waals surface area contributed by atoms with Crippen molar-refractivity contribution < 1.29 is 5.11 Å². The van der Waals surface area contributed by atoms with E-state index in [4.69, 9.17) is 0 Å². The molecule has 1 aromatic heterocycles. The van der Waals surface area contributed by atoms with Crippen molar-refractivity contribution in [3.05, 3.63) is 24.4 Å². The van der Waals surface area contributed by atoms with Crippen LogP contribution in [0.3, 0.4) is 0 Å². The molecule has 0 radical (unpaired) electrons. The molecule has 2 aliphatic heterocycles. The largest absolute Gasteiger partial charge is 0.396 e. The van der Waals surface area contributed by atoms with Gasteiger partial charge in [0.05, 0.1) is 0 Å². The molecule has 0 unspecified atom stereocenters. The first-order valence-electron chi connectivity index (χ1n) is 6.87. The fourth-order valence-electron chi connectivity index (χ4n) is 3.16. The number of anilines is 1. The molecular formula is C14H21N3O. The fraction of sp³-hybridized carbons (Fsp3) is 0.643. The van der Waals surface area contributed by atoms with Gasteiger partial charge >= 0.3 is 0 Å². The van der Waals surface area contributed by atoms with Crippen LogP contribution in [-0.2, 0) is 0 Å². The van der Waals surface area contributed by atoms with Gasteiger partial charge in [0.2, 0.25) is 0 Å². The van der Waals surface area contributed by atoms with Gasteiger partial charge in [-0.2, -0.15) is 0 Å². The standard InChI is InChI=1S/C14H21N3O/c18-11-12-4-5-13-10-17(8-7-16(13)9-12)14-3-1-2-6-15-14/h1-3,6,12-13,18H,4-5,7-11H2/t12-,13-/m0/s1. The van der Waals surface area contributed by atoms with Gasteiger partial charge in [0.1, 0.15) is 5.82 Å². The molecule has 2 atom stereocenters. The van der Waals surface area contributed by atoms with Crippen molar-refractivity contribution >= 4 is 5.82 Å². The van der Waals surface area contributed by atoms with E-state index in [0.29, 0.717) is 18.6 Å². The van der Waals surface area contributed by atoms with Crippen LogP contribution in [0.15, 0.2) is 24.4 Å². The Morgan fingerprint density at radius 1 is 1.22 bits per heavy atom. The molecule has 2 aliphatic rings. The molecule has 0 spiro atoms. The maximum atomic E-state index is 9.26. The predicted molar refractivity (Wildman–Crippen MR) is 71.6 cm³/mol. The van der Waals surface area contributed by atoms with Crippen LogP contribution in [0.4, 0.5) is 5.82 Å². The highest BCUT2D eigenvalue weighted by Crippen LogP contribution is 2.26. The second-order valence-electron chi connectivity index (χ2n) is 5.41. The minimum atomic E-state index is 0.340. The first-order valence-corrected chi connectivity index (χ1v) is 6.87. The van der Waals surface area contributed by atoms with E-state index in [-0.39, 0.29) is 0 Å². The molecule has 1 N–H and O–H groups in total. The minimum Gasteiger partial charge on any atom is -0.396 e. The number of aliphatic hydroxyl groups is 1. The first kappa shape index (κ1) is 11.9. The number of aromatic nitrogens is 1. The Balaban J connectivity index is 1.65. The van der Waals surface area contributed by atoms with E-state index in [1.807, 2.05) is 12.3 Å². The minimum absolute atomic E-state index is 0.340. The second-order valence-corrected chi connectivity index (χ2v) is 5.41. The van der Waals surface area contributed by atoms with Crippen LogP contribution in [-0.4, -0.2) is 53.8 Å². The van der Waals surface area contributed by atoms with E-state index in [1.54, 1.807) is 0 Å². The van der Waals surface area contributed by atoms with Gasteiger partial charge in [-0.05, 0) is 30.9 Å². The zero-order chi connectivity index (χ0) is 12.4. The lowest BCUT2D eigenvalue weighted by Crippen LogP contribution is -2.57. The quantitative estimate of drug-likeness (QED) is 0.845. The second kappa shape index (κ2) is 5.24. The number of aliphatic hydroxyl groups excluding tert-OH is 1. The summed E-state index contributed by atoms with van der Waals surface area (Å²) in [4.78, 5) is 9.37. The molecule has 98 valence electrons. The van der Waals surface area contributed by atoms with Crippen LogP contribution in [0.5, 0.6) is 0 Å². The maximum absolute atomic E-state index is 9.26. The van der Waals surface area contributed by atoms with Crippen LogP contribution in [0, 0.1) is 5.92 Å². The number of hydrogen-bond donors (Lipinski definition) is 1. The molecule has 0 aliphatic carbocycles. The molecule has 4 nitrogen and oxygen atoms in total. The Labute approximate surface area is 108 Å². The summed E-state index contributed by atoms with van der Waals surface area (Å²) in [7, 11) is 0. The molecule has 0 bridgehead atoms. The Hall–Kier alpha value is -1.13. The molecule has 2 fully saturated rings. The summed E-state index contributed by atoms with van der Waals surface area (Å²) in [5.74, 6) is 1.59. The van der Waals surface area contributed by atoms with E-state index < -0.39 is 0 Å². The molecule has 2 saturated heterocycles. The average Bonchev–Trinajstić information content (AvgIpc) is 2.47. The van der Waals surface area contributed by atoms with Crippen molar-refractivity contribution in [2.24, 2.45) is 5.92 Å². The Bertz CT molecular complexity index is 384. The van der Waals surface area contributed by atoms with Crippen molar-refractivity contribution in [1.29, 1.82) is 0 Å². The van der Waals surface area contributed by atoms with Crippen LogP contribution >= 0.6 is 0 Å². The van der Waals surface area contributed by atoms with Crippen molar-refractivity contribution in [2.75, 3.05) is 37.7 Å². The number of piperidine rings is 1. The molecular weight excluding hydrogens is 226 g/mol. The van der Waals surface area contributed by atoms with Crippen molar-refractivity contribution in [2.45, 2.75) is 18.9 Å². The van der Waals surface area contributed by atoms with Gasteiger partial charge in [-0.25, -0.2) is 4.98 Å². The highest BCUT2D eigenvalue weighted by Gasteiger charge is 2.32. The van der Waals surface area contributed by atoms with Crippen molar-refractivity contribution in [1.82, 2.24) is 9.88 Å². The molecule has 3 heterocycles. The average molecular weight is 247 g/mol. The molecule has 18 heavy (non-hydrogen) atoms. The zero-order valence-corrected chi connectivity index (χ0v) is 10.7. The molecule has 0 aromatic carbocycles. The van der Waals surface area contributed by atoms with E-state index in [1.165, 1.54) is 6.42 Å². The molecule has 1 aromatic rings. The van der Waals surface area contributed by atoms with Gasteiger partial charge in [-0.1, -0.05) is 6.07 Å². The van der Waals surface area contributed by atoms with Crippen LogP contribution in [0.1, 0.15) is 12.8 Å². The molecule has 4 heteroatoms. The Kier molecular flexibility index (Phi) is 3.48.